The van der Waals surface area contributed by atoms with Crippen molar-refractivity contribution in [3.63, 3.8) is 0 Å². The molecule has 90 valence electrons. The molecule has 0 saturated heterocycles. The lowest BCUT2D eigenvalue weighted by molar-refractivity contribution is 1.12. The molecular formula is C12H10N4OS. The summed E-state index contributed by atoms with van der Waals surface area (Å²) in [7, 11) is 1.79. The van der Waals surface area contributed by atoms with Gasteiger partial charge in [0.1, 0.15) is 10.6 Å². The van der Waals surface area contributed by atoms with Crippen LogP contribution in [0.25, 0.3) is 15.9 Å². The summed E-state index contributed by atoms with van der Waals surface area (Å²) in [6.45, 7) is 0. The van der Waals surface area contributed by atoms with Gasteiger partial charge in [-0.25, -0.2) is 13.9 Å². The van der Waals surface area contributed by atoms with E-state index in [0.717, 1.165) is 16.3 Å². The summed E-state index contributed by atoms with van der Waals surface area (Å²) in [4.78, 5) is 21.3. The number of aromatic nitrogens is 3. The Labute approximate surface area is 107 Å². The minimum Gasteiger partial charge on any atom is -0.373 e. The first-order valence-corrected chi connectivity index (χ1v) is 6.18. The smallest absolute Gasteiger partial charge is 0.274 e. The van der Waals surface area contributed by atoms with Crippen LogP contribution in [-0.2, 0) is 0 Å². The number of anilines is 1. The van der Waals surface area contributed by atoms with Crippen LogP contribution in [0.1, 0.15) is 0 Å². The summed E-state index contributed by atoms with van der Waals surface area (Å²) >= 11 is 1.33. The Kier molecular flexibility index (Phi) is 2.56. The maximum atomic E-state index is 12.2. The third-order valence-electron chi connectivity index (χ3n) is 2.60. The zero-order chi connectivity index (χ0) is 12.5. The molecule has 0 unspecified atom stereocenters. The van der Waals surface area contributed by atoms with Crippen LogP contribution >= 0.6 is 11.5 Å². The predicted molar refractivity (Wildman–Crippen MR) is 72.6 cm³/mol. The SMILES string of the molecule is CNc1cc(-n2sc3ncccc3c2=O)ccn1. The van der Waals surface area contributed by atoms with Crippen molar-refractivity contribution in [2.45, 2.75) is 0 Å². The molecule has 6 heteroatoms. The van der Waals surface area contributed by atoms with Gasteiger partial charge in [-0.15, -0.1) is 0 Å². The molecular weight excluding hydrogens is 248 g/mol. The first-order valence-electron chi connectivity index (χ1n) is 5.41. The van der Waals surface area contributed by atoms with Crippen molar-refractivity contribution in [2.75, 3.05) is 12.4 Å². The van der Waals surface area contributed by atoms with E-state index in [4.69, 9.17) is 0 Å². The lowest BCUT2D eigenvalue weighted by Gasteiger charge is -2.02. The monoisotopic (exact) mass is 258 g/mol. The van der Waals surface area contributed by atoms with E-state index in [1.165, 1.54) is 11.5 Å². The molecule has 3 aromatic heterocycles. The maximum absolute atomic E-state index is 12.2. The topological polar surface area (TPSA) is 59.8 Å². The highest BCUT2D eigenvalue weighted by molar-refractivity contribution is 7.13. The van der Waals surface area contributed by atoms with E-state index in [0.29, 0.717) is 5.39 Å². The molecule has 0 spiro atoms. The average molecular weight is 258 g/mol. The van der Waals surface area contributed by atoms with Crippen LogP contribution < -0.4 is 10.9 Å². The van der Waals surface area contributed by atoms with Crippen molar-refractivity contribution in [3.8, 4) is 5.69 Å². The number of hydrogen-bond acceptors (Lipinski definition) is 5. The number of nitrogens with one attached hydrogen (secondary N) is 1. The largest absolute Gasteiger partial charge is 0.373 e. The van der Waals surface area contributed by atoms with E-state index < -0.39 is 0 Å². The number of pyridine rings is 2. The zero-order valence-electron chi connectivity index (χ0n) is 9.62. The Balaban J connectivity index is 2.25. The van der Waals surface area contributed by atoms with Crippen molar-refractivity contribution in [3.05, 3.63) is 47.0 Å². The highest BCUT2D eigenvalue weighted by Crippen LogP contribution is 2.18. The Hall–Kier alpha value is -2.21. The molecule has 5 nitrogen and oxygen atoms in total. The van der Waals surface area contributed by atoms with Gasteiger partial charge in [-0.1, -0.05) is 0 Å². The molecule has 0 fully saturated rings. The summed E-state index contributed by atoms with van der Waals surface area (Å²) in [5.41, 5.74) is 0.749. The van der Waals surface area contributed by atoms with Gasteiger partial charge in [-0.3, -0.25) is 4.79 Å². The van der Waals surface area contributed by atoms with E-state index in [2.05, 4.69) is 15.3 Å². The van der Waals surface area contributed by atoms with Crippen LogP contribution in [0.4, 0.5) is 5.82 Å². The van der Waals surface area contributed by atoms with E-state index >= 15 is 0 Å². The standard InChI is InChI=1S/C12H10N4OS/c1-13-10-7-8(4-6-14-10)16-12(17)9-3-2-5-15-11(9)18-16/h2-7H,1H3,(H,13,14). The molecule has 18 heavy (non-hydrogen) atoms. The van der Waals surface area contributed by atoms with Crippen molar-refractivity contribution in [1.82, 2.24) is 13.9 Å². The molecule has 1 N–H and O–H groups in total. The number of fused-ring (bicyclic) bond motifs is 1. The van der Waals surface area contributed by atoms with Crippen LogP contribution in [0, 0.1) is 0 Å². The second-order valence-corrected chi connectivity index (χ2v) is 4.63. The van der Waals surface area contributed by atoms with Gasteiger partial charge in [0, 0.05) is 25.5 Å². The second-order valence-electron chi connectivity index (χ2n) is 3.70. The maximum Gasteiger partial charge on any atom is 0.274 e. The first-order chi connectivity index (χ1) is 8.79. The predicted octanol–water partition coefficient (Wildman–Crippen LogP) is 1.88. The summed E-state index contributed by atoms with van der Waals surface area (Å²) in [5.74, 6) is 0.727. The number of nitrogens with zero attached hydrogens (tertiary/aromatic N) is 3. The number of hydrogen-bond donors (Lipinski definition) is 1. The van der Waals surface area contributed by atoms with Crippen LogP contribution in [0.3, 0.4) is 0 Å². The Morgan fingerprint density at radius 3 is 2.94 bits per heavy atom. The van der Waals surface area contributed by atoms with Crippen LogP contribution in [0.2, 0.25) is 0 Å². The average Bonchev–Trinajstić information content (AvgIpc) is 2.77. The van der Waals surface area contributed by atoms with Crippen LogP contribution in [0.15, 0.2) is 41.5 Å². The Bertz CT molecular complexity index is 762. The van der Waals surface area contributed by atoms with Crippen molar-refractivity contribution in [1.29, 1.82) is 0 Å². The normalized spacial score (nSPS) is 10.7. The first kappa shape index (κ1) is 10.9. The molecule has 0 aliphatic heterocycles. The molecule has 0 bridgehead atoms. The third kappa shape index (κ3) is 1.67. The summed E-state index contributed by atoms with van der Waals surface area (Å²) < 4.78 is 1.63. The fraction of sp³-hybridized carbons (Fsp3) is 0.0833. The van der Waals surface area contributed by atoms with Gasteiger partial charge in [-0.2, -0.15) is 0 Å². The van der Waals surface area contributed by atoms with E-state index in [9.17, 15) is 4.79 Å². The van der Waals surface area contributed by atoms with Crippen LogP contribution in [-0.4, -0.2) is 21.0 Å². The fourth-order valence-corrected chi connectivity index (χ4v) is 2.65. The van der Waals surface area contributed by atoms with Gasteiger partial charge < -0.3 is 5.32 Å². The van der Waals surface area contributed by atoms with E-state index in [1.54, 1.807) is 41.6 Å². The van der Waals surface area contributed by atoms with Crippen molar-refractivity contribution >= 4 is 27.6 Å². The molecule has 0 aromatic carbocycles. The Morgan fingerprint density at radius 2 is 2.17 bits per heavy atom. The lowest BCUT2D eigenvalue weighted by atomic mass is 10.3. The van der Waals surface area contributed by atoms with Crippen LogP contribution in [0.5, 0.6) is 0 Å². The molecule has 3 heterocycles. The van der Waals surface area contributed by atoms with E-state index in [-0.39, 0.29) is 5.56 Å². The highest BCUT2D eigenvalue weighted by Gasteiger charge is 2.09. The fourth-order valence-electron chi connectivity index (χ4n) is 1.72. The highest BCUT2D eigenvalue weighted by atomic mass is 32.1. The molecule has 0 atom stereocenters. The molecule has 0 aliphatic carbocycles. The lowest BCUT2D eigenvalue weighted by Crippen LogP contribution is -2.11. The zero-order valence-corrected chi connectivity index (χ0v) is 10.4. The molecule has 0 radical (unpaired) electrons. The van der Waals surface area contributed by atoms with Gasteiger partial charge in [0.05, 0.1) is 11.1 Å². The van der Waals surface area contributed by atoms with E-state index in [1.807, 2.05) is 6.07 Å². The summed E-state index contributed by atoms with van der Waals surface area (Å²) in [6, 6.07) is 7.19. The molecule has 0 aliphatic rings. The third-order valence-corrected chi connectivity index (χ3v) is 3.66. The van der Waals surface area contributed by atoms with Gasteiger partial charge in [0.25, 0.3) is 5.56 Å². The van der Waals surface area contributed by atoms with Gasteiger partial charge in [0.2, 0.25) is 0 Å². The van der Waals surface area contributed by atoms with Crippen molar-refractivity contribution < 1.29 is 0 Å². The van der Waals surface area contributed by atoms with Gasteiger partial charge in [0.15, 0.2) is 0 Å². The van der Waals surface area contributed by atoms with Gasteiger partial charge in [-0.05, 0) is 29.7 Å². The minimum atomic E-state index is -0.0450. The van der Waals surface area contributed by atoms with Crippen molar-refractivity contribution in [2.24, 2.45) is 0 Å². The number of rotatable bonds is 2. The summed E-state index contributed by atoms with van der Waals surface area (Å²) in [5, 5.41) is 3.60. The second kappa shape index (κ2) is 4.23. The quantitative estimate of drug-likeness (QED) is 0.762. The minimum absolute atomic E-state index is 0.0450. The summed E-state index contributed by atoms with van der Waals surface area (Å²) in [6.07, 6.45) is 3.36. The molecule has 0 saturated carbocycles. The Morgan fingerprint density at radius 1 is 1.28 bits per heavy atom. The van der Waals surface area contributed by atoms with Gasteiger partial charge >= 0.3 is 0 Å². The molecule has 0 amide bonds. The molecule has 3 aromatic rings. The molecule has 3 rings (SSSR count).